The molecule has 1 aromatic carbocycles. The van der Waals surface area contributed by atoms with Crippen LogP contribution in [0.5, 0.6) is 0 Å². The molecule has 2 aliphatic heterocycles. The zero-order valence-corrected chi connectivity index (χ0v) is 14.3. The second kappa shape index (κ2) is 6.48. The molecule has 3 heterocycles. The van der Waals surface area contributed by atoms with E-state index in [2.05, 4.69) is 44.3 Å². The Morgan fingerprint density at radius 3 is 2.88 bits per heavy atom. The molecule has 0 aliphatic carbocycles. The van der Waals surface area contributed by atoms with Crippen molar-refractivity contribution in [3.05, 3.63) is 52.2 Å². The molecular formula is C18H23N5O2. The number of carbonyl (C=O) groups excluding carboxylic acids is 1. The van der Waals surface area contributed by atoms with Crippen molar-refractivity contribution in [2.45, 2.75) is 37.9 Å². The molecular weight excluding hydrogens is 318 g/mol. The molecule has 0 bridgehead atoms. The van der Waals surface area contributed by atoms with E-state index in [1.807, 2.05) is 6.07 Å². The van der Waals surface area contributed by atoms with E-state index in [4.69, 9.17) is 0 Å². The van der Waals surface area contributed by atoms with Crippen LogP contribution < -0.4 is 5.69 Å². The molecule has 7 heteroatoms. The molecule has 7 nitrogen and oxygen atoms in total. The zero-order chi connectivity index (χ0) is 17.4. The van der Waals surface area contributed by atoms with Gasteiger partial charge < -0.3 is 4.90 Å². The van der Waals surface area contributed by atoms with E-state index in [9.17, 15) is 9.59 Å². The second-order valence-electron chi connectivity index (χ2n) is 7.03. The number of benzene rings is 1. The van der Waals surface area contributed by atoms with E-state index < -0.39 is 0 Å². The van der Waals surface area contributed by atoms with Crippen LogP contribution in [0.4, 0.5) is 0 Å². The van der Waals surface area contributed by atoms with Crippen LogP contribution in [-0.2, 0) is 11.3 Å². The quantitative estimate of drug-likeness (QED) is 0.877. The fourth-order valence-electron chi connectivity index (χ4n) is 4.40. The fraction of sp³-hybridized carbons (Fsp3) is 0.500. The number of rotatable bonds is 4. The first-order chi connectivity index (χ1) is 12.1. The first-order valence-electron chi connectivity index (χ1n) is 8.82. The van der Waals surface area contributed by atoms with Gasteiger partial charge in [0.15, 0.2) is 5.82 Å². The van der Waals surface area contributed by atoms with Crippen LogP contribution in [-0.4, -0.2) is 50.5 Å². The molecule has 3 atom stereocenters. The van der Waals surface area contributed by atoms with Gasteiger partial charge in [0.1, 0.15) is 0 Å². The summed E-state index contributed by atoms with van der Waals surface area (Å²) in [5.74, 6) is 0.629. The van der Waals surface area contributed by atoms with E-state index >= 15 is 0 Å². The highest BCUT2D eigenvalue weighted by Crippen LogP contribution is 2.45. The molecule has 4 rings (SSSR count). The maximum atomic E-state index is 13.0. The third-order valence-electron chi connectivity index (χ3n) is 5.50. The van der Waals surface area contributed by atoms with E-state index in [1.165, 1.54) is 5.56 Å². The Morgan fingerprint density at radius 2 is 2.16 bits per heavy atom. The van der Waals surface area contributed by atoms with Crippen molar-refractivity contribution in [2.24, 2.45) is 5.92 Å². The van der Waals surface area contributed by atoms with Crippen molar-refractivity contribution in [3.63, 3.8) is 0 Å². The highest BCUT2D eigenvalue weighted by molar-refractivity contribution is 5.80. The predicted octanol–water partition coefficient (Wildman–Crippen LogP) is 1.28. The number of amides is 1. The van der Waals surface area contributed by atoms with E-state index in [-0.39, 0.29) is 17.5 Å². The van der Waals surface area contributed by atoms with E-state index in [1.54, 1.807) is 11.9 Å². The van der Waals surface area contributed by atoms with Gasteiger partial charge in [-0.2, -0.15) is 5.10 Å². The normalized spacial score (nSPS) is 25.9. The van der Waals surface area contributed by atoms with E-state index in [0.717, 1.165) is 25.8 Å². The standard InChI is InChI=1S/C18H23N5O2/c1-22(11-16-19-18(25)21-20-16)17(24)13-10-15(12-6-3-2-4-7-12)23-9-5-8-14(13)23/h2-4,6-7,13-15H,5,8-11H2,1H3,(H2,19,20,21,25)/t13-,14+,15-/m1/s1. The lowest BCUT2D eigenvalue weighted by molar-refractivity contribution is -0.135. The van der Waals surface area contributed by atoms with Gasteiger partial charge in [-0.05, 0) is 31.4 Å². The number of hydrogen-bond donors (Lipinski definition) is 2. The topological polar surface area (TPSA) is 85.1 Å². The molecule has 2 aliphatic rings. The van der Waals surface area contributed by atoms with Gasteiger partial charge in [0.05, 0.1) is 12.5 Å². The van der Waals surface area contributed by atoms with Gasteiger partial charge in [0.25, 0.3) is 0 Å². The number of nitrogens with one attached hydrogen (secondary N) is 2. The largest absolute Gasteiger partial charge is 0.340 e. The average molecular weight is 341 g/mol. The molecule has 2 aromatic rings. The average Bonchev–Trinajstić information content (AvgIpc) is 3.31. The molecule has 1 amide bonds. The maximum Gasteiger partial charge on any atom is 0.340 e. The van der Waals surface area contributed by atoms with Gasteiger partial charge in [0.2, 0.25) is 5.91 Å². The van der Waals surface area contributed by atoms with Crippen LogP contribution in [0.15, 0.2) is 35.1 Å². The highest BCUT2D eigenvalue weighted by atomic mass is 16.2. The Morgan fingerprint density at radius 1 is 1.36 bits per heavy atom. The smallest absolute Gasteiger partial charge is 0.338 e. The lowest BCUT2D eigenvalue weighted by atomic mass is 9.93. The first kappa shape index (κ1) is 16.1. The van der Waals surface area contributed by atoms with Gasteiger partial charge in [-0.15, -0.1) is 0 Å². The van der Waals surface area contributed by atoms with Crippen molar-refractivity contribution in [1.82, 2.24) is 25.0 Å². The molecule has 0 spiro atoms. The van der Waals surface area contributed by atoms with Crippen molar-refractivity contribution in [3.8, 4) is 0 Å². The second-order valence-corrected chi connectivity index (χ2v) is 7.03. The maximum absolute atomic E-state index is 13.0. The number of nitrogens with zero attached hydrogens (tertiary/aromatic N) is 3. The summed E-state index contributed by atoms with van der Waals surface area (Å²) in [6.45, 7) is 1.38. The van der Waals surface area contributed by atoms with Crippen molar-refractivity contribution in [2.75, 3.05) is 13.6 Å². The van der Waals surface area contributed by atoms with Gasteiger partial charge in [-0.1, -0.05) is 30.3 Å². The molecule has 132 valence electrons. The number of aromatic nitrogens is 3. The van der Waals surface area contributed by atoms with E-state index in [0.29, 0.717) is 24.5 Å². The molecule has 2 N–H and O–H groups in total. The highest BCUT2D eigenvalue weighted by Gasteiger charge is 2.47. The van der Waals surface area contributed by atoms with Gasteiger partial charge in [0, 0.05) is 19.1 Å². The summed E-state index contributed by atoms with van der Waals surface area (Å²) in [7, 11) is 1.78. The van der Waals surface area contributed by atoms with Crippen molar-refractivity contribution < 1.29 is 4.79 Å². The number of carbonyl (C=O) groups is 1. The molecule has 1 aromatic heterocycles. The molecule has 2 saturated heterocycles. The zero-order valence-electron chi connectivity index (χ0n) is 14.3. The van der Waals surface area contributed by atoms with Crippen LogP contribution in [0.1, 0.15) is 36.7 Å². The summed E-state index contributed by atoms with van der Waals surface area (Å²) < 4.78 is 0. The van der Waals surface area contributed by atoms with Crippen molar-refractivity contribution >= 4 is 5.91 Å². The Labute approximate surface area is 146 Å². The predicted molar refractivity (Wildman–Crippen MR) is 92.7 cm³/mol. The van der Waals surface area contributed by atoms with Gasteiger partial charge in [-0.3, -0.25) is 14.7 Å². The monoisotopic (exact) mass is 341 g/mol. The van der Waals surface area contributed by atoms with Crippen molar-refractivity contribution in [1.29, 1.82) is 0 Å². The first-order valence-corrected chi connectivity index (χ1v) is 8.82. The van der Waals surface area contributed by atoms with Gasteiger partial charge in [-0.25, -0.2) is 9.89 Å². The number of fused-ring (bicyclic) bond motifs is 1. The van der Waals surface area contributed by atoms with Crippen LogP contribution in [0.3, 0.4) is 0 Å². The fourth-order valence-corrected chi connectivity index (χ4v) is 4.40. The number of hydrogen-bond acceptors (Lipinski definition) is 4. The van der Waals surface area contributed by atoms with Crippen LogP contribution in [0.2, 0.25) is 0 Å². The summed E-state index contributed by atoms with van der Waals surface area (Å²) >= 11 is 0. The van der Waals surface area contributed by atoms with Crippen LogP contribution in [0, 0.1) is 5.92 Å². The minimum atomic E-state index is -0.345. The summed E-state index contributed by atoms with van der Waals surface area (Å²) in [5, 5.41) is 6.24. The molecule has 0 saturated carbocycles. The Balaban J connectivity index is 1.51. The summed E-state index contributed by atoms with van der Waals surface area (Å²) in [6, 6.07) is 11.1. The SMILES string of the molecule is CN(Cc1n[nH]c(=O)[nH]1)C(=O)[C@@H]1C[C@H](c2ccccc2)N2CCC[C@@H]12. The Hall–Kier alpha value is -2.41. The molecule has 0 unspecified atom stereocenters. The molecule has 0 radical (unpaired) electrons. The third-order valence-corrected chi connectivity index (χ3v) is 5.50. The van der Waals surface area contributed by atoms with Crippen LogP contribution in [0.25, 0.3) is 0 Å². The minimum Gasteiger partial charge on any atom is -0.338 e. The Bertz CT molecular complexity index is 799. The summed E-state index contributed by atoms with van der Waals surface area (Å²) in [6.07, 6.45) is 3.08. The Kier molecular flexibility index (Phi) is 4.17. The third kappa shape index (κ3) is 3.00. The van der Waals surface area contributed by atoms with Gasteiger partial charge >= 0.3 is 5.69 Å². The number of H-pyrrole nitrogens is 2. The minimum absolute atomic E-state index is 0.00312. The lowest BCUT2D eigenvalue weighted by Gasteiger charge is -2.25. The number of aromatic amines is 2. The van der Waals surface area contributed by atoms with Crippen LogP contribution >= 0.6 is 0 Å². The molecule has 25 heavy (non-hydrogen) atoms. The summed E-state index contributed by atoms with van der Waals surface area (Å²) in [5.41, 5.74) is 0.951. The lowest BCUT2D eigenvalue weighted by Crippen LogP contribution is -2.38. The molecule has 2 fully saturated rings. The summed E-state index contributed by atoms with van der Waals surface area (Å²) in [4.78, 5) is 31.0.